The van der Waals surface area contributed by atoms with Crippen molar-refractivity contribution >= 4 is 11.9 Å². The van der Waals surface area contributed by atoms with Crippen LogP contribution in [0.3, 0.4) is 0 Å². The molecule has 1 atom stereocenters. The van der Waals surface area contributed by atoms with E-state index in [0.29, 0.717) is 12.8 Å². The number of amides is 1. The van der Waals surface area contributed by atoms with E-state index in [1.165, 1.54) is 0 Å². The number of rotatable bonds is 4. The molecule has 1 saturated carbocycles. The summed E-state index contributed by atoms with van der Waals surface area (Å²) in [5.74, 6) is 1.17. The summed E-state index contributed by atoms with van der Waals surface area (Å²) in [7, 11) is 1.59. The fourth-order valence-electron chi connectivity index (χ4n) is 2.71. The van der Waals surface area contributed by atoms with Gasteiger partial charge in [-0.15, -0.1) is 0 Å². The van der Waals surface area contributed by atoms with Gasteiger partial charge < -0.3 is 15.2 Å². The lowest BCUT2D eigenvalue weighted by atomic mass is 9.80. The second-order valence-electron chi connectivity index (χ2n) is 5.08. The van der Waals surface area contributed by atoms with Crippen molar-refractivity contribution in [3.05, 3.63) is 29.8 Å². The SMILES string of the molecule is COc1ccc(C(NC(=O)O)C2CCC(=O)CC2)cc1. The number of hydrogen-bond donors (Lipinski definition) is 2. The van der Waals surface area contributed by atoms with E-state index in [2.05, 4.69) is 5.32 Å². The average Bonchev–Trinajstić information content (AvgIpc) is 2.46. The smallest absolute Gasteiger partial charge is 0.405 e. The molecular weight excluding hydrogens is 258 g/mol. The van der Waals surface area contributed by atoms with Crippen molar-refractivity contribution in [3.8, 4) is 5.75 Å². The third kappa shape index (κ3) is 3.50. The molecule has 1 aromatic rings. The molecule has 0 aliphatic heterocycles. The first kappa shape index (κ1) is 14.4. The second kappa shape index (κ2) is 6.41. The molecule has 0 heterocycles. The highest BCUT2D eigenvalue weighted by molar-refractivity contribution is 5.79. The van der Waals surface area contributed by atoms with Gasteiger partial charge in [0.05, 0.1) is 13.2 Å². The second-order valence-corrected chi connectivity index (χ2v) is 5.08. The molecule has 1 unspecified atom stereocenters. The van der Waals surface area contributed by atoms with Crippen molar-refractivity contribution in [1.82, 2.24) is 5.32 Å². The lowest BCUT2D eigenvalue weighted by Crippen LogP contribution is -2.34. The summed E-state index contributed by atoms with van der Waals surface area (Å²) in [6.07, 6.45) is 1.51. The molecule has 5 heteroatoms. The molecule has 0 bridgehead atoms. The van der Waals surface area contributed by atoms with Crippen LogP contribution in [-0.4, -0.2) is 24.1 Å². The maximum atomic E-state index is 11.3. The Morgan fingerprint density at radius 3 is 2.40 bits per heavy atom. The van der Waals surface area contributed by atoms with Crippen LogP contribution in [-0.2, 0) is 4.79 Å². The van der Waals surface area contributed by atoms with Crippen LogP contribution in [0.4, 0.5) is 4.79 Å². The minimum absolute atomic E-state index is 0.164. The fraction of sp³-hybridized carbons (Fsp3) is 0.467. The molecule has 0 spiro atoms. The fourth-order valence-corrected chi connectivity index (χ4v) is 2.71. The Hall–Kier alpha value is -2.04. The molecule has 5 nitrogen and oxygen atoms in total. The monoisotopic (exact) mass is 277 g/mol. The van der Waals surface area contributed by atoms with E-state index in [-0.39, 0.29) is 17.7 Å². The zero-order valence-corrected chi connectivity index (χ0v) is 11.5. The van der Waals surface area contributed by atoms with Crippen LogP contribution in [0.1, 0.15) is 37.3 Å². The van der Waals surface area contributed by atoms with E-state index < -0.39 is 6.09 Å². The molecule has 108 valence electrons. The minimum Gasteiger partial charge on any atom is -0.497 e. The van der Waals surface area contributed by atoms with E-state index in [1.807, 2.05) is 24.3 Å². The van der Waals surface area contributed by atoms with Crippen LogP contribution >= 0.6 is 0 Å². The Labute approximate surface area is 117 Å². The zero-order chi connectivity index (χ0) is 14.5. The third-order valence-electron chi connectivity index (χ3n) is 3.81. The number of carbonyl (C=O) groups excluding carboxylic acids is 1. The normalized spacial score (nSPS) is 17.6. The molecule has 1 fully saturated rings. The minimum atomic E-state index is -1.04. The van der Waals surface area contributed by atoms with Crippen molar-refractivity contribution in [2.45, 2.75) is 31.7 Å². The maximum absolute atomic E-state index is 11.3. The van der Waals surface area contributed by atoms with Crippen LogP contribution in [0.5, 0.6) is 5.75 Å². The number of carboxylic acid groups (broad SMARTS) is 1. The summed E-state index contributed by atoms with van der Waals surface area (Å²) in [6.45, 7) is 0. The first-order chi connectivity index (χ1) is 9.60. The molecule has 1 aliphatic rings. The number of nitrogens with one attached hydrogen (secondary N) is 1. The van der Waals surface area contributed by atoms with E-state index >= 15 is 0 Å². The van der Waals surface area contributed by atoms with Crippen molar-refractivity contribution in [1.29, 1.82) is 0 Å². The Balaban J connectivity index is 2.17. The topological polar surface area (TPSA) is 75.6 Å². The standard InChI is InChI=1S/C15H19NO4/c1-20-13-8-4-11(5-9-13)14(16-15(18)19)10-2-6-12(17)7-3-10/h4-5,8-10,14,16H,2-3,6-7H2,1H3,(H,18,19). The number of hydrogen-bond acceptors (Lipinski definition) is 3. The number of benzene rings is 1. The quantitative estimate of drug-likeness (QED) is 0.887. The van der Waals surface area contributed by atoms with Crippen LogP contribution in [0.2, 0.25) is 0 Å². The van der Waals surface area contributed by atoms with Crippen LogP contribution in [0.25, 0.3) is 0 Å². The largest absolute Gasteiger partial charge is 0.497 e. The molecule has 2 rings (SSSR count). The summed E-state index contributed by atoms with van der Waals surface area (Å²) in [5, 5.41) is 11.6. The van der Waals surface area contributed by atoms with Gasteiger partial charge in [-0.2, -0.15) is 0 Å². The number of ether oxygens (including phenoxy) is 1. The van der Waals surface area contributed by atoms with Crippen LogP contribution in [0.15, 0.2) is 24.3 Å². The highest BCUT2D eigenvalue weighted by Gasteiger charge is 2.28. The van der Waals surface area contributed by atoms with Gasteiger partial charge >= 0.3 is 6.09 Å². The average molecular weight is 277 g/mol. The predicted octanol–water partition coefficient (Wildman–Crippen LogP) is 2.76. The van der Waals surface area contributed by atoms with Crippen molar-refractivity contribution in [2.75, 3.05) is 7.11 Å². The molecule has 0 aromatic heterocycles. The van der Waals surface area contributed by atoms with Gasteiger partial charge in [0.2, 0.25) is 0 Å². The molecule has 0 radical (unpaired) electrons. The first-order valence-corrected chi connectivity index (χ1v) is 6.75. The zero-order valence-electron chi connectivity index (χ0n) is 11.5. The van der Waals surface area contributed by atoms with Crippen molar-refractivity contribution in [2.24, 2.45) is 5.92 Å². The van der Waals surface area contributed by atoms with Gasteiger partial charge in [-0.05, 0) is 36.5 Å². The van der Waals surface area contributed by atoms with Gasteiger partial charge in [0.15, 0.2) is 0 Å². The summed E-state index contributed by atoms with van der Waals surface area (Å²) < 4.78 is 5.11. The Kier molecular flexibility index (Phi) is 4.61. The van der Waals surface area contributed by atoms with E-state index in [4.69, 9.17) is 9.84 Å². The van der Waals surface area contributed by atoms with Crippen LogP contribution < -0.4 is 10.1 Å². The van der Waals surface area contributed by atoms with E-state index in [9.17, 15) is 9.59 Å². The molecule has 1 aliphatic carbocycles. The molecule has 0 saturated heterocycles. The van der Waals surface area contributed by atoms with Gasteiger partial charge in [-0.3, -0.25) is 4.79 Å². The Bertz CT molecular complexity index is 473. The molecule has 1 amide bonds. The van der Waals surface area contributed by atoms with Gasteiger partial charge in [0.25, 0.3) is 0 Å². The maximum Gasteiger partial charge on any atom is 0.405 e. The van der Waals surface area contributed by atoms with Crippen LogP contribution in [0, 0.1) is 5.92 Å². The summed E-state index contributed by atoms with van der Waals surface area (Å²) >= 11 is 0. The van der Waals surface area contributed by atoms with Gasteiger partial charge in [-0.1, -0.05) is 12.1 Å². The lowest BCUT2D eigenvalue weighted by molar-refractivity contribution is -0.121. The Morgan fingerprint density at radius 1 is 1.30 bits per heavy atom. The van der Waals surface area contributed by atoms with Crippen molar-refractivity contribution in [3.63, 3.8) is 0 Å². The van der Waals surface area contributed by atoms with Gasteiger partial charge in [-0.25, -0.2) is 4.79 Å². The number of carbonyl (C=O) groups is 2. The van der Waals surface area contributed by atoms with Gasteiger partial charge in [0.1, 0.15) is 11.5 Å². The predicted molar refractivity (Wildman–Crippen MR) is 73.9 cm³/mol. The Morgan fingerprint density at radius 2 is 1.90 bits per heavy atom. The summed E-state index contributed by atoms with van der Waals surface area (Å²) in [4.78, 5) is 22.3. The number of ketones is 1. The molecule has 2 N–H and O–H groups in total. The first-order valence-electron chi connectivity index (χ1n) is 6.75. The van der Waals surface area contributed by atoms with E-state index in [1.54, 1.807) is 7.11 Å². The van der Waals surface area contributed by atoms with Crippen molar-refractivity contribution < 1.29 is 19.4 Å². The molecular formula is C15H19NO4. The molecule has 20 heavy (non-hydrogen) atoms. The molecule has 1 aromatic carbocycles. The third-order valence-corrected chi connectivity index (χ3v) is 3.81. The summed E-state index contributed by atoms with van der Waals surface area (Å²) in [6, 6.07) is 7.11. The highest BCUT2D eigenvalue weighted by atomic mass is 16.5. The lowest BCUT2D eigenvalue weighted by Gasteiger charge is -2.30. The van der Waals surface area contributed by atoms with E-state index in [0.717, 1.165) is 24.2 Å². The highest BCUT2D eigenvalue weighted by Crippen LogP contribution is 2.33. The number of methoxy groups -OCH3 is 1. The summed E-state index contributed by atoms with van der Waals surface area (Å²) in [5.41, 5.74) is 0.910. The number of Topliss-reactive ketones (excluding diaryl/α,β-unsaturated/α-hetero) is 1. The van der Waals surface area contributed by atoms with Gasteiger partial charge in [0, 0.05) is 12.8 Å².